The molecule has 0 saturated heterocycles. The molecule has 21 heavy (non-hydrogen) atoms. The van der Waals surface area contributed by atoms with E-state index in [0.717, 1.165) is 0 Å². The maximum absolute atomic E-state index is 13.7. The number of halogens is 3. The molecule has 0 aliphatic heterocycles. The Bertz CT molecular complexity index is 602. The molecule has 0 bridgehead atoms. The Balaban J connectivity index is 2.31. The van der Waals surface area contributed by atoms with E-state index in [1.165, 1.54) is 19.2 Å². The minimum absolute atomic E-state index is 0.0868. The molecule has 0 amide bonds. The van der Waals surface area contributed by atoms with Crippen LogP contribution < -0.4 is 9.47 Å². The highest BCUT2D eigenvalue weighted by Gasteiger charge is 2.14. The zero-order chi connectivity index (χ0) is 15.4. The minimum atomic E-state index is -0.457. The Morgan fingerprint density at radius 2 is 2.00 bits per heavy atom. The number of methoxy groups -OCH3 is 1. The van der Waals surface area contributed by atoms with Crippen LogP contribution in [0.4, 0.5) is 4.39 Å². The number of hydrogen-bond acceptors (Lipinski definition) is 3. The first-order chi connectivity index (χ1) is 10.1. The third-order valence-corrected chi connectivity index (χ3v) is 3.48. The van der Waals surface area contributed by atoms with Gasteiger partial charge in [-0.15, -0.1) is 0 Å². The summed E-state index contributed by atoms with van der Waals surface area (Å²) in [5, 5.41) is 10.1. The molecule has 0 unspecified atom stereocenters. The molecule has 2 aromatic carbocycles. The summed E-state index contributed by atoms with van der Waals surface area (Å²) in [7, 11) is 1.45. The molecule has 0 saturated carbocycles. The van der Waals surface area contributed by atoms with Gasteiger partial charge in [0.05, 0.1) is 18.7 Å². The number of rotatable bonds is 5. The van der Waals surface area contributed by atoms with Crippen LogP contribution in [-0.2, 0) is 13.2 Å². The molecule has 6 heteroatoms. The first-order valence-electron chi connectivity index (χ1n) is 6.09. The molecule has 0 spiro atoms. The van der Waals surface area contributed by atoms with E-state index in [0.29, 0.717) is 22.1 Å². The fourth-order valence-electron chi connectivity index (χ4n) is 1.87. The second-order valence-corrected chi connectivity index (χ2v) is 5.09. The monoisotopic (exact) mass is 330 g/mol. The molecule has 0 fully saturated rings. The van der Waals surface area contributed by atoms with Gasteiger partial charge in [0.1, 0.15) is 12.4 Å². The van der Waals surface area contributed by atoms with Crippen molar-refractivity contribution in [2.75, 3.05) is 7.11 Å². The molecule has 0 aromatic heterocycles. The van der Waals surface area contributed by atoms with Crippen molar-refractivity contribution >= 4 is 23.2 Å². The Morgan fingerprint density at radius 1 is 1.24 bits per heavy atom. The molecule has 0 aliphatic carbocycles. The van der Waals surface area contributed by atoms with Crippen LogP contribution in [0.1, 0.15) is 11.1 Å². The molecule has 1 N–H and O–H groups in total. The second kappa shape index (κ2) is 6.98. The maximum atomic E-state index is 13.7. The lowest BCUT2D eigenvalue weighted by Crippen LogP contribution is -2.03. The van der Waals surface area contributed by atoms with Crippen LogP contribution in [0.2, 0.25) is 10.0 Å². The Morgan fingerprint density at radius 3 is 2.62 bits per heavy atom. The predicted molar refractivity (Wildman–Crippen MR) is 79.7 cm³/mol. The van der Waals surface area contributed by atoms with Crippen molar-refractivity contribution < 1.29 is 19.0 Å². The third kappa shape index (κ3) is 3.59. The Labute approximate surface area is 131 Å². The highest BCUT2D eigenvalue weighted by molar-refractivity contribution is 6.31. The van der Waals surface area contributed by atoms with Crippen molar-refractivity contribution in [2.45, 2.75) is 13.2 Å². The Kier molecular flexibility index (Phi) is 5.28. The quantitative estimate of drug-likeness (QED) is 0.892. The first-order valence-corrected chi connectivity index (χ1v) is 6.85. The molecule has 2 rings (SSSR count). The van der Waals surface area contributed by atoms with Gasteiger partial charge in [-0.1, -0.05) is 29.3 Å². The standard InChI is InChI=1S/C15H13Cl2FO3/c1-20-14-6-10(16)5-9(7-19)15(14)21-8-11-12(17)3-2-4-13(11)18/h2-6,19H,7-8H2,1H3. The zero-order valence-corrected chi connectivity index (χ0v) is 12.7. The fraction of sp³-hybridized carbons (Fsp3) is 0.200. The number of benzene rings is 2. The number of ether oxygens (including phenoxy) is 2. The molecular weight excluding hydrogens is 318 g/mol. The van der Waals surface area contributed by atoms with Crippen LogP contribution in [0.25, 0.3) is 0 Å². The van der Waals surface area contributed by atoms with E-state index in [-0.39, 0.29) is 23.8 Å². The van der Waals surface area contributed by atoms with Crippen LogP contribution in [-0.4, -0.2) is 12.2 Å². The van der Waals surface area contributed by atoms with Crippen LogP contribution in [0.15, 0.2) is 30.3 Å². The van der Waals surface area contributed by atoms with E-state index in [2.05, 4.69) is 0 Å². The lowest BCUT2D eigenvalue weighted by atomic mass is 10.2. The van der Waals surface area contributed by atoms with Gasteiger partial charge in [0.2, 0.25) is 0 Å². The summed E-state index contributed by atoms with van der Waals surface area (Å²) >= 11 is 11.9. The van der Waals surface area contributed by atoms with Crippen molar-refractivity contribution in [1.29, 1.82) is 0 Å². The first kappa shape index (κ1) is 15.9. The van der Waals surface area contributed by atoms with Crippen molar-refractivity contribution in [1.82, 2.24) is 0 Å². The van der Waals surface area contributed by atoms with Gasteiger partial charge in [-0.3, -0.25) is 0 Å². The van der Waals surface area contributed by atoms with Gasteiger partial charge in [0, 0.05) is 22.2 Å². The molecule has 0 atom stereocenters. The normalized spacial score (nSPS) is 10.5. The van der Waals surface area contributed by atoms with E-state index in [9.17, 15) is 9.50 Å². The lowest BCUT2D eigenvalue weighted by Gasteiger charge is -2.15. The summed E-state index contributed by atoms with van der Waals surface area (Å²) in [5.74, 6) is 0.212. The van der Waals surface area contributed by atoms with Crippen molar-refractivity contribution in [3.8, 4) is 11.5 Å². The third-order valence-electron chi connectivity index (χ3n) is 2.91. The summed E-state index contributed by atoms with van der Waals surface area (Å²) in [5.41, 5.74) is 0.687. The molecular formula is C15H13Cl2FO3. The SMILES string of the molecule is COc1cc(Cl)cc(CO)c1OCc1c(F)cccc1Cl. The molecule has 0 aliphatic rings. The van der Waals surface area contributed by atoms with E-state index >= 15 is 0 Å². The average Bonchev–Trinajstić information content (AvgIpc) is 2.47. The zero-order valence-electron chi connectivity index (χ0n) is 11.2. The summed E-state index contributed by atoms with van der Waals surface area (Å²) in [4.78, 5) is 0. The van der Waals surface area contributed by atoms with Gasteiger partial charge in [0.15, 0.2) is 11.5 Å². The van der Waals surface area contributed by atoms with Gasteiger partial charge >= 0.3 is 0 Å². The summed E-state index contributed by atoms with van der Waals surface area (Å²) in [6, 6.07) is 7.51. The minimum Gasteiger partial charge on any atom is -0.493 e. The fourth-order valence-corrected chi connectivity index (χ4v) is 2.32. The summed E-state index contributed by atoms with van der Waals surface area (Å²) in [6.45, 7) is -0.367. The van der Waals surface area contributed by atoms with Crippen LogP contribution in [0.3, 0.4) is 0 Å². The molecule has 0 heterocycles. The van der Waals surface area contributed by atoms with Crippen molar-refractivity contribution in [2.24, 2.45) is 0 Å². The highest BCUT2D eigenvalue weighted by atomic mass is 35.5. The summed E-state index contributed by atoms with van der Waals surface area (Å²) in [6.07, 6.45) is 0. The van der Waals surface area contributed by atoms with Gasteiger partial charge < -0.3 is 14.6 Å². The highest BCUT2D eigenvalue weighted by Crippen LogP contribution is 2.35. The van der Waals surface area contributed by atoms with E-state index in [1.54, 1.807) is 18.2 Å². The summed E-state index contributed by atoms with van der Waals surface area (Å²) < 4.78 is 24.5. The van der Waals surface area contributed by atoms with Crippen molar-refractivity contribution in [3.63, 3.8) is 0 Å². The van der Waals surface area contributed by atoms with Gasteiger partial charge in [0.25, 0.3) is 0 Å². The largest absolute Gasteiger partial charge is 0.493 e. The van der Waals surface area contributed by atoms with E-state index < -0.39 is 5.82 Å². The molecule has 2 aromatic rings. The topological polar surface area (TPSA) is 38.7 Å². The smallest absolute Gasteiger partial charge is 0.167 e. The number of hydrogen-bond donors (Lipinski definition) is 1. The van der Waals surface area contributed by atoms with E-state index in [4.69, 9.17) is 32.7 Å². The molecule has 112 valence electrons. The van der Waals surface area contributed by atoms with Crippen LogP contribution >= 0.6 is 23.2 Å². The molecule has 3 nitrogen and oxygen atoms in total. The molecule has 0 radical (unpaired) electrons. The van der Waals surface area contributed by atoms with Crippen LogP contribution in [0, 0.1) is 5.82 Å². The van der Waals surface area contributed by atoms with Gasteiger partial charge in [-0.25, -0.2) is 4.39 Å². The number of aliphatic hydroxyl groups is 1. The van der Waals surface area contributed by atoms with Crippen LogP contribution in [0.5, 0.6) is 11.5 Å². The van der Waals surface area contributed by atoms with Gasteiger partial charge in [-0.05, 0) is 18.2 Å². The van der Waals surface area contributed by atoms with E-state index in [1.807, 2.05) is 0 Å². The van der Waals surface area contributed by atoms with Gasteiger partial charge in [-0.2, -0.15) is 0 Å². The Hall–Kier alpha value is -1.49. The second-order valence-electron chi connectivity index (χ2n) is 4.24. The maximum Gasteiger partial charge on any atom is 0.167 e. The number of aliphatic hydroxyl groups excluding tert-OH is 1. The lowest BCUT2D eigenvalue weighted by molar-refractivity contribution is 0.248. The van der Waals surface area contributed by atoms with Crippen molar-refractivity contribution in [3.05, 3.63) is 57.3 Å². The predicted octanol–water partition coefficient (Wildman–Crippen LogP) is 4.21. The average molecular weight is 331 g/mol.